The Bertz CT molecular complexity index is 1130. The topological polar surface area (TPSA) is 152 Å². The summed E-state index contributed by atoms with van der Waals surface area (Å²) in [6.45, 7) is 3.29. The summed E-state index contributed by atoms with van der Waals surface area (Å²) in [5.74, 6) is -0.840. The van der Waals surface area contributed by atoms with E-state index < -0.39 is 49.4 Å². The van der Waals surface area contributed by atoms with E-state index in [0.717, 1.165) is 64.2 Å². The lowest BCUT2D eigenvalue weighted by molar-refractivity contribution is -0.305. The van der Waals surface area contributed by atoms with Gasteiger partial charge in [0.25, 0.3) is 0 Å². The number of aliphatic hydroxyl groups excluding tert-OH is 4. The molecular formula is C51H90O10. The molecule has 1 aliphatic heterocycles. The highest BCUT2D eigenvalue weighted by atomic mass is 16.7. The molecule has 1 saturated heterocycles. The molecule has 1 aliphatic rings. The van der Waals surface area contributed by atoms with E-state index in [-0.39, 0.29) is 32.0 Å². The maximum Gasteiger partial charge on any atom is 0.306 e. The lowest BCUT2D eigenvalue weighted by atomic mass is 9.99. The lowest BCUT2D eigenvalue weighted by Gasteiger charge is -2.39. The fourth-order valence-electron chi connectivity index (χ4n) is 7.32. The van der Waals surface area contributed by atoms with Gasteiger partial charge in [0.15, 0.2) is 12.4 Å². The van der Waals surface area contributed by atoms with Crippen molar-refractivity contribution < 1.29 is 49.0 Å². The van der Waals surface area contributed by atoms with Crippen molar-refractivity contribution in [3.8, 4) is 0 Å². The first-order valence-corrected chi connectivity index (χ1v) is 24.7. The minimum absolute atomic E-state index is 0.194. The summed E-state index contributed by atoms with van der Waals surface area (Å²) >= 11 is 0. The number of hydrogen-bond donors (Lipinski definition) is 4. The molecule has 6 unspecified atom stereocenters. The molecule has 0 aromatic rings. The standard InChI is InChI=1S/C51H90O10/c1-3-5-7-9-11-13-15-17-18-19-20-21-22-23-24-25-26-28-29-31-33-35-37-39-46(53)58-42-44(43-59-51-50(57)49(56)48(55)45(41-52)61-51)60-47(54)40-38-36-34-32-30-27-16-14-12-10-8-6-4-2/h6,8,12,14,19-20,27,30,44-45,48-52,55-57H,3-5,7,9-11,13,15-18,21-26,28-29,31-43H2,1-2H3/b8-6-,14-12-,20-19-,30-27-. The second-order valence-corrected chi connectivity index (χ2v) is 16.9. The highest BCUT2D eigenvalue weighted by Crippen LogP contribution is 2.23. The zero-order chi connectivity index (χ0) is 44.4. The van der Waals surface area contributed by atoms with Gasteiger partial charge in [0, 0.05) is 12.8 Å². The Kier molecular flexibility index (Phi) is 38.7. The van der Waals surface area contributed by atoms with Crippen molar-refractivity contribution in [1.29, 1.82) is 0 Å². The molecule has 0 amide bonds. The molecular weight excluding hydrogens is 773 g/mol. The van der Waals surface area contributed by atoms with Gasteiger partial charge < -0.3 is 39.4 Å². The first kappa shape index (κ1) is 56.7. The molecule has 1 fully saturated rings. The van der Waals surface area contributed by atoms with E-state index in [0.29, 0.717) is 6.42 Å². The molecule has 0 spiro atoms. The van der Waals surface area contributed by atoms with Crippen LogP contribution in [0.25, 0.3) is 0 Å². The predicted molar refractivity (Wildman–Crippen MR) is 247 cm³/mol. The highest BCUT2D eigenvalue weighted by Gasteiger charge is 2.44. The van der Waals surface area contributed by atoms with Crippen LogP contribution >= 0.6 is 0 Å². The number of unbranched alkanes of at least 4 members (excludes halogenated alkanes) is 22. The van der Waals surface area contributed by atoms with Crippen molar-refractivity contribution >= 4 is 11.9 Å². The van der Waals surface area contributed by atoms with Crippen LogP contribution in [0.15, 0.2) is 48.6 Å². The normalized spacial score (nSPS) is 20.1. The van der Waals surface area contributed by atoms with Gasteiger partial charge >= 0.3 is 11.9 Å². The highest BCUT2D eigenvalue weighted by molar-refractivity contribution is 5.70. The van der Waals surface area contributed by atoms with Gasteiger partial charge in [-0.25, -0.2) is 0 Å². The summed E-state index contributed by atoms with van der Waals surface area (Å²) in [5.41, 5.74) is 0. The second kappa shape index (κ2) is 41.7. The summed E-state index contributed by atoms with van der Waals surface area (Å²) in [6.07, 6.45) is 42.8. The number of rotatable bonds is 41. The fraction of sp³-hybridized carbons (Fsp3) is 0.804. The monoisotopic (exact) mass is 863 g/mol. The Labute approximate surface area is 371 Å². The average Bonchev–Trinajstić information content (AvgIpc) is 3.26. The van der Waals surface area contributed by atoms with Crippen molar-refractivity contribution in [2.24, 2.45) is 0 Å². The number of carbonyl (C=O) groups excluding carboxylic acids is 2. The first-order valence-electron chi connectivity index (χ1n) is 24.7. The number of carbonyl (C=O) groups is 2. The summed E-state index contributed by atoms with van der Waals surface area (Å²) < 4.78 is 22.2. The van der Waals surface area contributed by atoms with Crippen LogP contribution in [0.1, 0.15) is 206 Å². The largest absolute Gasteiger partial charge is 0.462 e. The van der Waals surface area contributed by atoms with Crippen molar-refractivity contribution in [3.63, 3.8) is 0 Å². The SMILES string of the molecule is CC/C=C\C/C=C\C/C=C\CCCCCC(=O)OC(COC(=O)CCCCCCCCCCCCC/C=C\CCCCCCCCCC)COC1OC(CO)C(O)C(O)C1O. The van der Waals surface area contributed by atoms with Crippen LogP contribution < -0.4 is 0 Å². The van der Waals surface area contributed by atoms with Gasteiger partial charge in [-0.2, -0.15) is 0 Å². The molecule has 0 aromatic carbocycles. The third-order valence-electron chi connectivity index (χ3n) is 11.2. The minimum Gasteiger partial charge on any atom is -0.462 e. The van der Waals surface area contributed by atoms with Crippen molar-refractivity contribution in [2.75, 3.05) is 19.8 Å². The smallest absolute Gasteiger partial charge is 0.306 e. The number of esters is 2. The number of ether oxygens (including phenoxy) is 4. The Balaban J connectivity index is 2.24. The van der Waals surface area contributed by atoms with Crippen molar-refractivity contribution in [2.45, 2.75) is 243 Å². The average molecular weight is 863 g/mol. The van der Waals surface area contributed by atoms with Crippen LogP contribution in [0.5, 0.6) is 0 Å². The molecule has 6 atom stereocenters. The number of allylic oxidation sites excluding steroid dienone is 8. The van der Waals surface area contributed by atoms with Crippen LogP contribution in [0.4, 0.5) is 0 Å². The molecule has 0 bridgehead atoms. The summed E-state index contributed by atoms with van der Waals surface area (Å²) in [7, 11) is 0. The molecule has 1 heterocycles. The summed E-state index contributed by atoms with van der Waals surface area (Å²) in [5, 5.41) is 40.1. The zero-order valence-electron chi connectivity index (χ0n) is 38.7. The zero-order valence-corrected chi connectivity index (χ0v) is 38.7. The van der Waals surface area contributed by atoms with E-state index >= 15 is 0 Å². The Morgan fingerprint density at radius 1 is 0.525 bits per heavy atom. The van der Waals surface area contributed by atoms with E-state index in [1.807, 2.05) is 0 Å². The molecule has 1 rings (SSSR count). The molecule has 0 aromatic heterocycles. The summed E-state index contributed by atoms with van der Waals surface area (Å²) in [4.78, 5) is 25.4. The van der Waals surface area contributed by atoms with E-state index in [2.05, 4.69) is 62.5 Å². The predicted octanol–water partition coefficient (Wildman–Crippen LogP) is 11.2. The minimum atomic E-state index is -1.60. The van der Waals surface area contributed by atoms with E-state index in [1.54, 1.807) is 0 Å². The maximum atomic E-state index is 12.8. The molecule has 61 heavy (non-hydrogen) atoms. The number of aliphatic hydroxyl groups is 4. The molecule has 354 valence electrons. The first-order chi connectivity index (χ1) is 29.8. The lowest BCUT2D eigenvalue weighted by Crippen LogP contribution is -2.59. The third kappa shape index (κ3) is 32.9. The van der Waals surface area contributed by atoms with Gasteiger partial charge in [0.2, 0.25) is 0 Å². The fourth-order valence-corrected chi connectivity index (χ4v) is 7.32. The van der Waals surface area contributed by atoms with Crippen LogP contribution in [-0.2, 0) is 28.5 Å². The van der Waals surface area contributed by atoms with Crippen LogP contribution in [0.2, 0.25) is 0 Å². The van der Waals surface area contributed by atoms with Crippen LogP contribution in [0.3, 0.4) is 0 Å². The second-order valence-electron chi connectivity index (χ2n) is 16.9. The van der Waals surface area contributed by atoms with E-state index in [1.165, 1.54) is 109 Å². The van der Waals surface area contributed by atoms with Crippen LogP contribution in [-0.4, -0.2) is 89.0 Å². The van der Waals surface area contributed by atoms with Crippen molar-refractivity contribution in [1.82, 2.24) is 0 Å². The Morgan fingerprint density at radius 3 is 1.49 bits per heavy atom. The number of hydrogen-bond acceptors (Lipinski definition) is 10. The quantitative estimate of drug-likeness (QED) is 0.0265. The maximum absolute atomic E-state index is 12.8. The molecule has 4 N–H and O–H groups in total. The molecule has 0 aliphatic carbocycles. The molecule has 0 saturated carbocycles. The van der Waals surface area contributed by atoms with E-state index in [9.17, 15) is 30.0 Å². The summed E-state index contributed by atoms with van der Waals surface area (Å²) in [6, 6.07) is 0. The molecule has 0 radical (unpaired) electrons. The van der Waals surface area contributed by atoms with Crippen LogP contribution in [0, 0.1) is 0 Å². The van der Waals surface area contributed by atoms with Gasteiger partial charge in [0.05, 0.1) is 13.2 Å². The molecule has 10 heteroatoms. The van der Waals surface area contributed by atoms with Crippen molar-refractivity contribution in [3.05, 3.63) is 48.6 Å². The van der Waals surface area contributed by atoms with Gasteiger partial charge in [-0.3, -0.25) is 9.59 Å². The van der Waals surface area contributed by atoms with Gasteiger partial charge in [-0.15, -0.1) is 0 Å². The third-order valence-corrected chi connectivity index (χ3v) is 11.2. The van der Waals surface area contributed by atoms with Gasteiger partial charge in [0.1, 0.15) is 31.0 Å². The Morgan fingerprint density at radius 2 is 0.967 bits per heavy atom. The molecule has 10 nitrogen and oxygen atoms in total. The van der Waals surface area contributed by atoms with Gasteiger partial charge in [-0.1, -0.05) is 172 Å². The Hall–Kier alpha value is -2.34. The van der Waals surface area contributed by atoms with E-state index in [4.69, 9.17) is 18.9 Å². The van der Waals surface area contributed by atoms with Gasteiger partial charge in [-0.05, 0) is 70.6 Å².